The van der Waals surface area contributed by atoms with E-state index < -0.39 is 0 Å². The van der Waals surface area contributed by atoms with Gasteiger partial charge in [0.2, 0.25) is 5.91 Å². The van der Waals surface area contributed by atoms with Gasteiger partial charge in [0, 0.05) is 38.6 Å². The summed E-state index contributed by atoms with van der Waals surface area (Å²) in [7, 11) is 0. The monoisotopic (exact) mass is 280 g/mol. The maximum atomic E-state index is 11.9. The highest BCUT2D eigenvalue weighted by atomic mass is 16.3. The molecule has 1 unspecified atom stereocenters. The van der Waals surface area contributed by atoms with E-state index in [-0.39, 0.29) is 6.10 Å². The van der Waals surface area contributed by atoms with Crippen molar-refractivity contribution in [3.63, 3.8) is 0 Å². The second-order valence-corrected chi connectivity index (χ2v) is 6.96. The van der Waals surface area contributed by atoms with Gasteiger partial charge >= 0.3 is 0 Å². The summed E-state index contributed by atoms with van der Waals surface area (Å²) in [6.45, 7) is 6.31. The van der Waals surface area contributed by atoms with Gasteiger partial charge in [-0.2, -0.15) is 0 Å². The molecular formula is C16H28N2O2. The number of piperidine rings is 1. The van der Waals surface area contributed by atoms with Crippen molar-refractivity contribution < 1.29 is 9.90 Å². The fourth-order valence-electron chi connectivity index (χ4n) is 4.45. The van der Waals surface area contributed by atoms with Crippen LogP contribution < -0.4 is 0 Å². The zero-order valence-electron chi connectivity index (χ0n) is 12.6. The van der Waals surface area contributed by atoms with Crippen LogP contribution in [0, 0.1) is 11.8 Å². The molecule has 20 heavy (non-hydrogen) atoms. The van der Waals surface area contributed by atoms with E-state index in [9.17, 15) is 9.90 Å². The van der Waals surface area contributed by atoms with E-state index in [0.29, 0.717) is 18.4 Å². The largest absolute Gasteiger partial charge is 0.393 e. The molecule has 2 heterocycles. The molecule has 2 aliphatic heterocycles. The molecule has 0 aromatic carbocycles. The summed E-state index contributed by atoms with van der Waals surface area (Å²) >= 11 is 0. The molecule has 3 rings (SSSR count). The van der Waals surface area contributed by atoms with Gasteiger partial charge in [-0.15, -0.1) is 0 Å². The number of hydrogen-bond acceptors (Lipinski definition) is 3. The first-order valence-electron chi connectivity index (χ1n) is 8.37. The van der Waals surface area contributed by atoms with Gasteiger partial charge in [-0.1, -0.05) is 6.92 Å². The number of nitrogens with zero attached hydrogens (tertiary/aromatic N) is 2. The number of carbonyl (C=O) groups excluding carboxylic acids is 1. The molecule has 1 N–H and O–H groups in total. The molecule has 0 aromatic heterocycles. The van der Waals surface area contributed by atoms with Crippen molar-refractivity contribution in [3.8, 4) is 0 Å². The van der Waals surface area contributed by atoms with Crippen LogP contribution in [-0.4, -0.2) is 59.1 Å². The molecule has 4 nitrogen and oxygen atoms in total. The Morgan fingerprint density at radius 2 is 1.75 bits per heavy atom. The maximum absolute atomic E-state index is 11.9. The minimum atomic E-state index is -0.0411. The molecule has 3 atom stereocenters. The first-order valence-corrected chi connectivity index (χ1v) is 8.37. The van der Waals surface area contributed by atoms with E-state index in [1.807, 2.05) is 0 Å². The molecule has 0 radical (unpaired) electrons. The molecular weight excluding hydrogens is 252 g/mol. The summed E-state index contributed by atoms with van der Waals surface area (Å²) in [5, 5.41) is 9.72. The third-order valence-electron chi connectivity index (χ3n) is 5.55. The van der Waals surface area contributed by atoms with Gasteiger partial charge in [0.15, 0.2) is 0 Å². The van der Waals surface area contributed by atoms with Crippen molar-refractivity contribution in [3.05, 3.63) is 0 Å². The number of aliphatic hydroxyl groups is 1. The molecule has 0 aromatic rings. The average molecular weight is 280 g/mol. The standard InChI is InChI=1S/C16H28N2O2/c1-2-3-16(20)17-6-4-14(5-7-17)18-10-12-8-15(19)9-13(12)11-18/h12-15,19H,2-11H2,1H3/t12-,13+,15?. The minimum absolute atomic E-state index is 0.0411. The molecule has 4 heteroatoms. The Hall–Kier alpha value is -0.610. The van der Waals surface area contributed by atoms with Crippen molar-refractivity contribution in [2.75, 3.05) is 26.2 Å². The zero-order valence-corrected chi connectivity index (χ0v) is 12.6. The summed E-state index contributed by atoms with van der Waals surface area (Å²) in [6, 6.07) is 0.670. The Morgan fingerprint density at radius 3 is 2.30 bits per heavy atom. The molecule has 3 aliphatic rings. The van der Waals surface area contributed by atoms with E-state index in [1.165, 1.54) is 13.1 Å². The number of rotatable bonds is 3. The minimum Gasteiger partial charge on any atom is -0.393 e. The van der Waals surface area contributed by atoms with Crippen LogP contribution in [0.2, 0.25) is 0 Å². The van der Waals surface area contributed by atoms with Crippen LogP contribution in [0.3, 0.4) is 0 Å². The molecule has 0 bridgehead atoms. The zero-order chi connectivity index (χ0) is 14.1. The lowest BCUT2D eigenvalue weighted by atomic mass is 10.0. The Balaban J connectivity index is 1.46. The van der Waals surface area contributed by atoms with Crippen LogP contribution in [0.1, 0.15) is 45.4 Å². The molecule has 1 aliphatic carbocycles. The molecule has 0 spiro atoms. The van der Waals surface area contributed by atoms with Crippen molar-refractivity contribution >= 4 is 5.91 Å². The van der Waals surface area contributed by atoms with Crippen LogP contribution in [0.15, 0.2) is 0 Å². The summed E-state index contributed by atoms with van der Waals surface area (Å²) in [5.74, 6) is 1.79. The van der Waals surface area contributed by atoms with Crippen LogP contribution in [0.5, 0.6) is 0 Å². The Morgan fingerprint density at radius 1 is 1.15 bits per heavy atom. The average Bonchev–Trinajstić information content (AvgIpc) is 2.96. The maximum Gasteiger partial charge on any atom is 0.222 e. The van der Waals surface area contributed by atoms with Crippen molar-refractivity contribution in [2.45, 2.75) is 57.6 Å². The van der Waals surface area contributed by atoms with Gasteiger partial charge in [0.1, 0.15) is 0 Å². The highest BCUT2D eigenvalue weighted by Crippen LogP contribution is 2.39. The third kappa shape index (κ3) is 2.86. The molecule has 1 saturated carbocycles. The second-order valence-electron chi connectivity index (χ2n) is 6.96. The normalized spacial score (nSPS) is 35.5. The summed E-state index contributed by atoms with van der Waals surface area (Å²) in [4.78, 5) is 16.6. The molecule has 114 valence electrons. The van der Waals surface area contributed by atoms with E-state index in [2.05, 4.69) is 16.7 Å². The topological polar surface area (TPSA) is 43.8 Å². The van der Waals surface area contributed by atoms with Crippen LogP contribution in [0.4, 0.5) is 0 Å². The van der Waals surface area contributed by atoms with Crippen molar-refractivity contribution in [1.29, 1.82) is 0 Å². The highest BCUT2D eigenvalue weighted by Gasteiger charge is 2.42. The smallest absolute Gasteiger partial charge is 0.222 e. The molecule has 3 fully saturated rings. The SMILES string of the molecule is CCCC(=O)N1CCC(N2C[C@H]3CC(O)C[C@H]3C2)CC1. The predicted molar refractivity (Wildman–Crippen MR) is 78.3 cm³/mol. The third-order valence-corrected chi connectivity index (χ3v) is 5.55. The van der Waals surface area contributed by atoms with E-state index in [0.717, 1.165) is 57.0 Å². The lowest BCUT2D eigenvalue weighted by molar-refractivity contribution is -0.132. The van der Waals surface area contributed by atoms with Gasteiger partial charge < -0.3 is 10.0 Å². The van der Waals surface area contributed by atoms with Gasteiger partial charge in [0.05, 0.1) is 6.10 Å². The number of aliphatic hydroxyl groups excluding tert-OH is 1. The number of likely N-dealkylation sites (tertiary alicyclic amines) is 2. The number of hydrogen-bond donors (Lipinski definition) is 1. The quantitative estimate of drug-likeness (QED) is 0.851. The summed E-state index contributed by atoms with van der Waals surface area (Å²) < 4.78 is 0. The fourth-order valence-corrected chi connectivity index (χ4v) is 4.45. The second kappa shape index (κ2) is 6.02. The molecule has 2 saturated heterocycles. The van der Waals surface area contributed by atoms with Gasteiger partial charge in [-0.3, -0.25) is 9.69 Å². The Labute approximate surface area is 122 Å². The van der Waals surface area contributed by atoms with Crippen LogP contribution >= 0.6 is 0 Å². The summed E-state index contributed by atoms with van der Waals surface area (Å²) in [6.07, 6.45) is 5.91. The summed E-state index contributed by atoms with van der Waals surface area (Å²) in [5.41, 5.74) is 0. The Kier molecular flexibility index (Phi) is 4.32. The number of amides is 1. The lowest BCUT2D eigenvalue weighted by Crippen LogP contribution is -2.46. The van der Waals surface area contributed by atoms with E-state index >= 15 is 0 Å². The fraction of sp³-hybridized carbons (Fsp3) is 0.938. The van der Waals surface area contributed by atoms with Crippen molar-refractivity contribution in [2.24, 2.45) is 11.8 Å². The predicted octanol–water partition coefficient (Wildman–Crippen LogP) is 1.48. The van der Waals surface area contributed by atoms with Gasteiger partial charge in [-0.05, 0) is 43.9 Å². The van der Waals surface area contributed by atoms with E-state index in [1.54, 1.807) is 0 Å². The Bertz CT molecular complexity index is 338. The van der Waals surface area contributed by atoms with E-state index in [4.69, 9.17) is 0 Å². The first-order chi connectivity index (χ1) is 9.67. The highest BCUT2D eigenvalue weighted by molar-refractivity contribution is 5.76. The lowest BCUT2D eigenvalue weighted by Gasteiger charge is -2.37. The van der Waals surface area contributed by atoms with Gasteiger partial charge in [-0.25, -0.2) is 0 Å². The number of carbonyl (C=O) groups is 1. The molecule has 1 amide bonds. The van der Waals surface area contributed by atoms with Crippen molar-refractivity contribution in [1.82, 2.24) is 9.80 Å². The van der Waals surface area contributed by atoms with Crippen LogP contribution in [0.25, 0.3) is 0 Å². The van der Waals surface area contributed by atoms with Crippen LogP contribution in [-0.2, 0) is 4.79 Å². The van der Waals surface area contributed by atoms with Gasteiger partial charge in [0.25, 0.3) is 0 Å². The number of fused-ring (bicyclic) bond motifs is 1. The first kappa shape index (κ1) is 14.3.